The molecule has 4 aromatic rings. The Labute approximate surface area is 190 Å². The second-order valence-electron chi connectivity index (χ2n) is 6.34. The van der Waals surface area contributed by atoms with Gasteiger partial charge in [0.15, 0.2) is 11.9 Å². The van der Waals surface area contributed by atoms with Gasteiger partial charge in [0.05, 0.1) is 5.69 Å². The summed E-state index contributed by atoms with van der Waals surface area (Å²) < 4.78 is 35.9. The Balaban J connectivity index is 1.39. The van der Waals surface area contributed by atoms with Crippen LogP contribution in [0.2, 0.25) is 5.02 Å². The minimum absolute atomic E-state index is 0.0353. The first-order chi connectivity index (χ1) is 15.5. The summed E-state index contributed by atoms with van der Waals surface area (Å²) in [6, 6.07) is 14.5. The minimum Gasteiger partial charge on any atom is -0.471 e. The van der Waals surface area contributed by atoms with Crippen LogP contribution in [-0.4, -0.2) is 27.3 Å². The lowest BCUT2D eigenvalue weighted by molar-refractivity contribution is -0.0498. The van der Waals surface area contributed by atoms with Gasteiger partial charge in [0.1, 0.15) is 17.2 Å². The molecule has 0 aliphatic rings. The van der Waals surface area contributed by atoms with Crippen LogP contribution in [0.25, 0.3) is 11.3 Å². The monoisotopic (exact) mass is 476 g/mol. The Morgan fingerprint density at radius 1 is 1.09 bits per heavy atom. The van der Waals surface area contributed by atoms with Crippen LogP contribution < -0.4 is 14.8 Å². The molecular weight excluding hydrogens is 462 g/mol. The number of benzene rings is 2. The van der Waals surface area contributed by atoms with Crippen molar-refractivity contribution in [3.05, 3.63) is 76.9 Å². The standard InChI is InChI=1S/C21H15ClF2N4O3S/c22-14-3-7-15(8-4-14)30-12-28-18(9-10-25-28)19(29)27-21-26-17(11-32-21)13-1-5-16(6-2-13)31-20(23)24/h1-11,20H,12H2,(H,26,27,29). The number of hydrogen-bond donors (Lipinski definition) is 1. The number of aromatic nitrogens is 3. The number of carbonyl (C=O) groups excluding carboxylic acids is 1. The van der Waals surface area contributed by atoms with E-state index < -0.39 is 12.5 Å². The molecule has 2 aromatic heterocycles. The van der Waals surface area contributed by atoms with Gasteiger partial charge in [-0.05, 0) is 54.6 Å². The highest BCUT2D eigenvalue weighted by Gasteiger charge is 2.15. The molecular formula is C21H15ClF2N4O3S. The zero-order chi connectivity index (χ0) is 22.5. The summed E-state index contributed by atoms with van der Waals surface area (Å²) in [6.07, 6.45) is 1.50. The van der Waals surface area contributed by atoms with Crippen LogP contribution in [0.15, 0.2) is 66.2 Å². The van der Waals surface area contributed by atoms with E-state index in [0.29, 0.717) is 32.9 Å². The number of anilines is 1. The fourth-order valence-electron chi connectivity index (χ4n) is 2.73. The molecule has 4 rings (SSSR count). The van der Waals surface area contributed by atoms with Crippen molar-refractivity contribution in [2.45, 2.75) is 13.3 Å². The van der Waals surface area contributed by atoms with Crippen LogP contribution in [0, 0.1) is 0 Å². The Kier molecular flexibility index (Phi) is 6.62. The zero-order valence-corrected chi connectivity index (χ0v) is 17.8. The van der Waals surface area contributed by atoms with Crippen molar-refractivity contribution in [2.75, 3.05) is 5.32 Å². The number of carbonyl (C=O) groups is 1. The van der Waals surface area contributed by atoms with Crippen molar-refractivity contribution in [3.63, 3.8) is 0 Å². The molecule has 32 heavy (non-hydrogen) atoms. The number of alkyl halides is 2. The Morgan fingerprint density at radius 2 is 1.81 bits per heavy atom. The van der Waals surface area contributed by atoms with E-state index in [4.69, 9.17) is 16.3 Å². The number of nitrogens with zero attached hydrogens (tertiary/aromatic N) is 3. The molecule has 164 valence electrons. The summed E-state index contributed by atoms with van der Waals surface area (Å²) in [4.78, 5) is 17.1. The fourth-order valence-corrected chi connectivity index (χ4v) is 3.57. The zero-order valence-electron chi connectivity index (χ0n) is 16.2. The number of ether oxygens (including phenoxy) is 2. The smallest absolute Gasteiger partial charge is 0.387 e. The first kappa shape index (κ1) is 21.7. The molecule has 0 spiro atoms. The normalized spacial score (nSPS) is 10.9. The molecule has 0 unspecified atom stereocenters. The first-order valence-corrected chi connectivity index (χ1v) is 10.5. The lowest BCUT2D eigenvalue weighted by Crippen LogP contribution is -2.19. The van der Waals surface area contributed by atoms with Crippen LogP contribution in [0.4, 0.5) is 13.9 Å². The van der Waals surface area contributed by atoms with Crippen LogP contribution in [0.3, 0.4) is 0 Å². The number of halogens is 3. The largest absolute Gasteiger partial charge is 0.471 e. The van der Waals surface area contributed by atoms with Gasteiger partial charge in [0, 0.05) is 22.2 Å². The summed E-state index contributed by atoms with van der Waals surface area (Å²) in [7, 11) is 0. The maximum atomic E-state index is 12.7. The second-order valence-corrected chi connectivity index (χ2v) is 7.63. The lowest BCUT2D eigenvalue weighted by atomic mass is 10.2. The fraction of sp³-hybridized carbons (Fsp3) is 0.0952. The SMILES string of the molecule is O=C(Nc1nc(-c2ccc(OC(F)F)cc2)cs1)c1ccnn1COc1ccc(Cl)cc1. The van der Waals surface area contributed by atoms with E-state index in [1.54, 1.807) is 47.8 Å². The number of amides is 1. The molecule has 7 nitrogen and oxygen atoms in total. The van der Waals surface area contributed by atoms with Crippen molar-refractivity contribution in [3.8, 4) is 22.8 Å². The average molecular weight is 477 g/mol. The molecule has 1 N–H and O–H groups in total. The van der Waals surface area contributed by atoms with E-state index in [9.17, 15) is 13.6 Å². The van der Waals surface area contributed by atoms with Gasteiger partial charge in [-0.2, -0.15) is 13.9 Å². The van der Waals surface area contributed by atoms with Crippen LogP contribution in [0.5, 0.6) is 11.5 Å². The third-order valence-corrected chi connectivity index (χ3v) is 5.23. The Bertz CT molecular complexity index is 1200. The molecule has 0 aliphatic carbocycles. The molecule has 0 saturated heterocycles. The molecule has 0 aliphatic heterocycles. The summed E-state index contributed by atoms with van der Waals surface area (Å²) in [5.41, 5.74) is 1.59. The minimum atomic E-state index is -2.88. The van der Waals surface area contributed by atoms with Crippen molar-refractivity contribution < 1.29 is 23.0 Å². The number of hydrogen-bond acceptors (Lipinski definition) is 6. The van der Waals surface area contributed by atoms with Gasteiger partial charge < -0.3 is 9.47 Å². The third-order valence-electron chi connectivity index (χ3n) is 4.22. The Hall–Kier alpha value is -3.50. The topological polar surface area (TPSA) is 78.3 Å². The third kappa shape index (κ3) is 5.40. The van der Waals surface area contributed by atoms with Crippen molar-refractivity contribution in [1.29, 1.82) is 0 Å². The number of thiazole rings is 1. The summed E-state index contributed by atoms with van der Waals surface area (Å²) >= 11 is 7.09. The first-order valence-electron chi connectivity index (χ1n) is 9.20. The average Bonchev–Trinajstić information content (AvgIpc) is 3.43. The van der Waals surface area contributed by atoms with E-state index >= 15 is 0 Å². The molecule has 0 saturated carbocycles. The van der Waals surface area contributed by atoms with Gasteiger partial charge in [0.25, 0.3) is 5.91 Å². The molecule has 0 radical (unpaired) electrons. The van der Waals surface area contributed by atoms with Gasteiger partial charge in [-0.15, -0.1) is 11.3 Å². The van der Waals surface area contributed by atoms with E-state index in [1.165, 1.54) is 34.3 Å². The molecule has 1 amide bonds. The molecule has 2 heterocycles. The lowest BCUT2D eigenvalue weighted by Gasteiger charge is -2.09. The number of nitrogens with one attached hydrogen (secondary N) is 1. The predicted molar refractivity (Wildman–Crippen MR) is 116 cm³/mol. The molecule has 0 bridgehead atoms. The van der Waals surface area contributed by atoms with E-state index in [-0.39, 0.29) is 12.5 Å². The highest BCUT2D eigenvalue weighted by molar-refractivity contribution is 7.14. The van der Waals surface area contributed by atoms with Gasteiger partial charge in [0.2, 0.25) is 0 Å². The van der Waals surface area contributed by atoms with Gasteiger partial charge in [-0.3, -0.25) is 10.1 Å². The molecule has 11 heteroatoms. The van der Waals surface area contributed by atoms with Gasteiger partial charge >= 0.3 is 6.61 Å². The van der Waals surface area contributed by atoms with E-state index in [2.05, 4.69) is 20.1 Å². The van der Waals surface area contributed by atoms with Crippen LogP contribution >= 0.6 is 22.9 Å². The summed E-state index contributed by atoms with van der Waals surface area (Å²) in [6.45, 7) is -2.85. The van der Waals surface area contributed by atoms with Gasteiger partial charge in [-0.1, -0.05) is 11.6 Å². The molecule has 0 fully saturated rings. The quantitative estimate of drug-likeness (QED) is 0.360. The van der Waals surface area contributed by atoms with Crippen molar-refractivity contribution >= 4 is 34.0 Å². The second kappa shape index (κ2) is 9.75. The number of rotatable bonds is 8. The maximum absolute atomic E-state index is 12.7. The van der Waals surface area contributed by atoms with E-state index in [1.807, 2.05) is 0 Å². The highest BCUT2D eigenvalue weighted by atomic mass is 35.5. The van der Waals surface area contributed by atoms with Crippen LogP contribution in [-0.2, 0) is 6.73 Å². The van der Waals surface area contributed by atoms with Gasteiger partial charge in [-0.25, -0.2) is 9.67 Å². The maximum Gasteiger partial charge on any atom is 0.387 e. The predicted octanol–water partition coefficient (Wildman–Crippen LogP) is 5.55. The Morgan fingerprint density at radius 3 is 2.53 bits per heavy atom. The van der Waals surface area contributed by atoms with Crippen molar-refractivity contribution in [1.82, 2.24) is 14.8 Å². The van der Waals surface area contributed by atoms with Crippen LogP contribution in [0.1, 0.15) is 10.5 Å². The summed E-state index contributed by atoms with van der Waals surface area (Å²) in [5.74, 6) is 0.246. The molecule has 0 atom stereocenters. The van der Waals surface area contributed by atoms with E-state index in [0.717, 1.165) is 0 Å². The van der Waals surface area contributed by atoms with Crippen molar-refractivity contribution in [2.24, 2.45) is 0 Å². The summed E-state index contributed by atoms with van der Waals surface area (Å²) in [5, 5.41) is 9.57. The highest BCUT2D eigenvalue weighted by Crippen LogP contribution is 2.27. The molecule has 2 aromatic carbocycles.